The quantitative estimate of drug-likeness (QED) is 0.795. The molecule has 0 heterocycles. The number of anilines is 1. The van der Waals surface area contributed by atoms with Gasteiger partial charge in [0.15, 0.2) is 0 Å². The molecule has 2 aromatic carbocycles. The van der Waals surface area contributed by atoms with Crippen molar-refractivity contribution in [3.8, 4) is 0 Å². The van der Waals surface area contributed by atoms with Gasteiger partial charge in [-0.25, -0.2) is 8.42 Å². The Kier molecular flexibility index (Phi) is 5.85. The van der Waals surface area contributed by atoms with Crippen LogP contribution in [0.2, 0.25) is 0 Å². The van der Waals surface area contributed by atoms with E-state index in [1.807, 2.05) is 6.92 Å². The number of carbonyl (C=O) groups is 1. The minimum atomic E-state index is -3.68. The van der Waals surface area contributed by atoms with Gasteiger partial charge in [-0.1, -0.05) is 42.7 Å². The van der Waals surface area contributed by atoms with Crippen LogP contribution in [0, 0.1) is 13.8 Å². The third-order valence-electron chi connectivity index (χ3n) is 4.97. The lowest BCUT2D eigenvalue weighted by Crippen LogP contribution is -2.36. The van der Waals surface area contributed by atoms with Crippen LogP contribution in [0.15, 0.2) is 52.3 Å². The van der Waals surface area contributed by atoms with Crippen molar-refractivity contribution in [3.05, 3.63) is 53.6 Å². The molecule has 6 heteroatoms. The minimum Gasteiger partial charge on any atom is -0.375 e. The predicted molar refractivity (Wildman–Crippen MR) is 107 cm³/mol. The Hall–Kier alpha value is -2.34. The van der Waals surface area contributed by atoms with Crippen LogP contribution in [-0.2, 0) is 14.6 Å². The second kappa shape index (κ2) is 8.13. The van der Waals surface area contributed by atoms with Crippen molar-refractivity contribution in [2.75, 3.05) is 11.9 Å². The highest BCUT2D eigenvalue weighted by molar-refractivity contribution is 7.91. The summed E-state index contributed by atoms with van der Waals surface area (Å²) in [7, 11) is -3.68. The van der Waals surface area contributed by atoms with Crippen molar-refractivity contribution in [2.24, 2.45) is 0 Å². The summed E-state index contributed by atoms with van der Waals surface area (Å²) in [5.41, 5.74) is 2.11. The molecule has 1 saturated carbocycles. The number of hydrogen-bond acceptors (Lipinski definition) is 4. The van der Waals surface area contributed by atoms with Crippen molar-refractivity contribution in [1.82, 2.24) is 5.32 Å². The molecule has 0 saturated heterocycles. The number of carbonyl (C=O) groups excluding carboxylic acids is 1. The van der Waals surface area contributed by atoms with Crippen LogP contribution in [0.4, 0.5) is 5.69 Å². The molecule has 3 rings (SSSR count). The molecule has 1 fully saturated rings. The van der Waals surface area contributed by atoms with Crippen LogP contribution in [0.25, 0.3) is 0 Å². The van der Waals surface area contributed by atoms with Crippen molar-refractivity contribution < 1.29 is 13.2 Å². The third-order valence-corrected chi connectivity index (χ3v) is 6.94. The third kappa shape index (κ3) is 4.50. The maximum Gasteiger partial charge on any atom is 0.239 e. The van der Waals surface area contributed by atoms with E-state index in [1.54, 1.807) is 49.4 Å². The van der Waals surface area contributed by atoms with E-state index in [9.17, 15) is 13.2 Å². The Morgan fingerprint density at radius 1 is 1.04 bits per heavy atom. The zero-order valence-electron chi connectivity index (χ0n) is 15.8. The maximum absolute atomic E-state index is 13.2. The van der Waals surface area contributed by atoms with E-state index in [0.717, 1.165) is 31.2 Å². The van der Waals surface area contributed by atoms with E-state index in [0.29, 0.717) is 11.3 Å². The molecule has 2 aromatic rings. The molecule has 0 spiro atoms. The molecule has 0 bridgehead atoms. The Morgan fingerprint density at radius 2 is 1.70 bits per heavy atom. The Morgan fingerprint density at radius 3 is 2.37 bits per heavy atom. The number of hydrogen-bond donors (Lipinski definition) is 2. The fraction of sp³-hybridized carbons (Fsp3) is 0.381. The average Bonchev–Trinajstić information content (AvgIpc) is 3.13. The van der Waals surface area contributed by atoms with Gasteiger partial charge in [-0.3, -0.25) is 4.79 Å². The molecule has 27 heavy (non-hydrogen) atoms. The van der Waals surface area contributed by atoms with E-state index >= 15 is 0 Å². The second-order valence-corrected chi connectivity index (χ2v) is 9.06. The monoisotopic (exact) mass is 386 g/mol. The molecule has 0 unspecified atom stereocenters. The fourth-order valence-corrected chi connectivity index (χ4v) is 5.16. The summed E-state index contributed by atoms with van der Waals surface area (Å²) in [6.07, 6.45) is 4.33. The standard InChI is InChI=1S/C21H26N2O3S/c1-15-10-12-18(13-11-15)27(25,26)21-16(2)6-5-9-19(21)22-14-20(24)23-17-7-3-4-8-17/h5-6,9-13,17,22H,3-4,7-8,14H2,1-2H3,(H,23,24). The van der Waals surface area contributed by atoms with Crippen LogP contribution >= 0.6 is 0 Å². The summed E-state index contributed by atoms with van der Waals surface area (Å²) in [5.74, 6) is -0.109. The summed E-state index contributed by atoms with van der Waals surface area (Å²) >= 11 is 0. The topological polar surface area (TPSA) is 75.3 Å². The molecule has 2 N–H and O–H groups in total. The summed E-state index contributed by atoms with van der Waals surface area (Å²) in [6, 6.07) is 12.3. The Bertz CT molecular complexity index is 915. The van der Waals surface area contributed by atoms with E-state index in [2.05, 4.69) is 10.6 Å². The van der Waals surface area contributed by atoms with E-state index in [1.165, 1.54) is 0 Å². The molecule has 0 aromatic heterocycles. The number of benzene rings is 2. The fourth-order valence-electron chi connectivity index (χ4n) is 3.51. The van der Waals surface area contributed by atoms with Gasteiger partial charge in [-0.15, -0.1) is 0 Å². The van der Waals surface area contributed by atoms with Crippen LogP contribution in [0.3, 0.4) is 0 Å². The van der Waals surface area contributed by atoms with Gasteiger partial charge >= 0.3 is 0 Å². The molecule has 5 nitrogen and oxygen atoms in total. The average molecular weight is 387 g/mol. The van der Waals surface area contributed by atoms with Gasteiger partial charge in [0, 0.05) is 6.04 Å². The van der Waals surface area contributed by atoms with Gasteiger partial charge in [0.05, 0.1) is 22.0 Å². The number of aryl methyl sites for hydroxylation is 2. The molecular formula is C21H26N2O3S. The summed E-state index contributed by atoms with van der Waals surface area (Å²) in [6.45, 7) is 3.74. The highest BCUT2D eigenvalue weighted by Gasteiger charge is 2.24. The van der Waals surface area contributed by atoms with Gasteiger partial charge in [-0.05, 0) is 50.5 Å². The second-order valence-electron chi connectivity index (χ2n) is 7.17. The zero-order valence-corrected chi connectivity index (χ0v) is 16.6. The first-order valence-corrected chi connectivity index (χ1v) is 10.8. The lowest BCUT2D eigenvalue weighted by Gasteiger charge is -2.16. The predicted octanol–water partition coefficient (Wildman–Crippen LogP) is 3.61. The van der Waals surface area contributed by atoms with Gasteiger partial charge < -0.3 is 10.6 Å². The first kappa shape index (κ1) is 19.4. The lowest BCUT2D eigenvalue weighted by molar-refractivity contribution is -0.120. The van der Waals surface area contributed by atoms with Crippen LogP contribution < -0.4 is 10.6 Å². The lowest BCUT2D eigenvalue weighted by atomic mass is 10.2. The van der Waals surface area contributed by atoms with E-state index in [4.69, 9.17) is 0 Å². The smallest absolute Gasteiger partial charge is 0.239 e. The van der Waals surface area contributed by atoms with Crippen molar-refractivity contribution in [2.45, 2.75) is 55.4 Å². The van der Waals surface area contributed by atoms with E-state index < -0.39 is 9.84 Å². The Balaban J connectivity index is 1.81. The number of nitrogens with one attached hydrogen (secondary N) is 2. The highest BCUT2D eigenvalue weighted by Crippen LogP contribution is 2.30. The zero-order chi connectivity index (χ0) is 19.4. The van der Waals surface area contributed by atoms with Crippen molar-refractivity contribution >= 4 is 21.4 Å². The van der Waals surface area contributed by atoms with Gasteiger partial charge in [0.25, 0.3) is 0 Å². The van der Waals surface area contributed by atoms with Gasteiger partial charge in [0.2, 0.25) is 15.7 Å². The molecule has 0 radical (unpaired) electrons. The number of rotatable bonds is 6. The summed E-state index contributed by atoms with van der Waals surface area (Å²) in [4.78, 5) is 12.7. The van der Waals surface area contributed by atoms with Crippen LogP contribution in [-0.4, -0.2) is 26.9 Å². The van der Waals surface area contributed by atoms with Crippen LogP contribution in [0.1, 0.15) is 36.8 Å². The van der Waals surface area contributed by atoms with Crippen molar-refractivity contribution in [3.63, 3.8) is 0 Å². The molecule has 0 aliphatic heterocycles. The molecule has 1 amide bonds. The summed E-state index contributed by atoms with van der Waals surface area (Å²) in [5, 5.41) is 6.03. The molecule has 144 valence electrons. The minimum absolute atomic E-state index is 0.0520. The molecule has 1 aliphatic rings. The number of amides is 1. The van der Waals surface area contributed by atoms with Gasteiger partial charge in [-0.2, -0.15) is 0 Å². The molecule has 1 aliphatic carbocycles. The maximum atomic E-state index is 13.2. The van der Waals surface area contributed by atoms with E-state index in [-0.39, 0.29) is 28.3 Å². The van der Waals surface area contributed by atoms with Crippen molar-refractivity contribution in [1.29, 1.82) is 0 Å². The first-order chi connectivity index (χ1) is 12.9. The largest absolute Gasteiger partial charge is 0.375 e. The first-order valence-electron chi connectivity index (χ1n) is 9.32. The SMILES string of the molecule is Cc1ccc(S(=O)(=O)c2c(C)cccc2NCC(=O)NC2CCCC2)cc1. The van der Waals surface area contributed by atoms with Crippen LogP contribution in [0.5, 0.6) is 0 Å². The Labute approximate surface area is 161 Å². The van der Waals surface area contributed by atoms with Gasteiger partial charge in [0.1, 0.15) is 0 Å². The highest BCUT2D eigenvalue weighted by atomic mass is 32.2. The normalized spacial score (nSPS) is 14.9. The summed E-state index contributed by atoms with van der Waals surface area (Å²) < 4.78 is 26.3. The molecule has 0 atom stereocenters. The molecular weight excluding hydrogens is 360 g/mol. The number of sulfone groups is 1.